The van der Waals surface area contributed by atoms with Gasteiger partial charge in [0.1, 0.15) is 17.7 Å². The number of benzene rings is 2. The number of nitrogens with zero attached hydrogens (tertiary/aromatic N) is 1. The van der Waals surface area contributed by atoms with Crippen molar-refractivity contribution in [1.29, 1.82) is 0 Å². The van der Waals surface area contributed by atoms with Crippen LogP contribution in [0.2, 0.25) is 5.02 Å². The third-order valence-corrected chi connectivity index (χ3v) is 6.63. The molecule has 0 saturated heterocycles. The van der Waals surface area contributed by atoms with Gasteiger partial charge in [-0.3, -0.25) is 9.59 Å². The third-order valence-electron chi connectivity index (χ3n) is 6.32. The Morgan fingerprint density at radius 1 is 1.03 bits per heavy atom. The van der Waals surface area contributed by atoms with Gasteiger partial charge in [0.2, 0.25) is 5.91 Å². The second kappa shape index (κ2) is 13.1. The molecule has 0 aliphatic rings. The van der Waals surface area contributed by atoms with E-state index in [0.29, 0.717) is 22.7 Å². The number of carbonyl (C=O) groups excluding carboxylic acids is 3. The summed E-state index contributed by atoms with van der Waals surface area (Å²) >= 11 is 6.42. The average molecular weight is 544 g/mol. The number of rotatable bonds is 9. The zero-order valence-electron chi connectivity index (χ0n) is 24.0. The molecule has 0 fully saturated rings. The van der Waals surface area contributed by atoms with Gasteiger partial charge in [-0.25, -0.2) is 4.79 Å². The van der Waals surface area contributed by atoms with Crippen molar-refractivity contribution in [2.24, 2.45) is 5.92 Å². The van der Waals surface area contributed by atoms with Gasteiger partial charge in [-0.2, -0.15) is 0 Å². The molecule has 38 heavy (non-hydrogen) atoms. The smallest absolute Gasteiger partial charge is 0.408 e. The Balaban J connectivity index is 2.58. The number of amides is 3. The Labute approximate surface area is 232 Å². The van der Waals surface area contributed by atoms with E-state index in [-0.39, 0.29) is 17.9 Å². The molecule has 0 aromatic heterocycles. The molecule has 3 amide bonds. The average Bonchev–Trinajstić information content (AvgIpc) is 2.81. The number of ether oxygens (including phenoxy) is 1. The van der Waals surface area contributed by atoms with Gasteiger partial charge in [0.05, 0.1) is 10.7 Å². The fraction of sp³-hybridized carbons (Fsp3) is 0.500. The fourth-order valence-electron chi connectivity index (χ4n) is 4.22. The summed E-state index contributed by atoms with van der Waals surface area (Å²) in [5.41, 5.74) is 2.20. The molecule has 0 bridgehead atoms. The summed E-state index contributed by atoms with van der Waals surface area (Å²) in [6.07, 6.45) is -0.0405. The zero-order valence-corrected chi connectivity index (χ0v) is 24.8. The van der Waals surface area contributed by atoms with Crippen LogP contribution >= 0.6 is 11.6 Å². The first kappa shape index (κ1) is 31.2. The Bertz CT molecular complexity index is 1120. The summed E-state index contributed by atoms with van der Waals surface area (Å²) in [6, 6.07) is 10.7. The normalized spacial score (nSPS) is 13.9. The van der Waals surface area contributed by atoms with Gasteiger partial charge in [-0.05, 0) is 71.6 Å². The van der Waals surface area contributed by atoms with Crippen molar-refractivity contribution in [3.63, 3.8) is 0 Å². The van der Waals surface area contributed by atoms with Crippen molar-refractivity contribution in [3.05, 3.63) is 64.2 Å². The highest BCUT2D eigenvalue weighted by atomic mass is 35.5. The van der Waals surface area contributed by atoms with Crippen LogP contribution in [0.25, 0.3) is 0 Å². The number of anilines is 1. The van der Waals surface area contributed by atoms with Crippen LogP contribution in [0.15, 0.2) is 42.5 Å². The number of para-hydroxylation sites is 1. The molecule has 2 aromatic carbocycles. The lowest BCUT2D eigenvalue weighted by atomic mass is 9.94. The lowest BCUT2D eigenvalue weighted by Crippen LogP contribution is -2.56. The van der Waals surface area contributed by atoms with E-state index in [1.165, 1.54) is 0 Å². The number of halogens is 1. The lowest BCUT2D eigenvalue weighted by molar-refractivity contribution is -0.144. The van der Waals surface area contributed by atoms with Crippen LogP contribution in [0.1, 0.15) is 77.6 Å². The minimum atomic E-state index is -0.968. The SMILES string of the molecule is CCC(C)C(NC(=O)OC(C)(C)C)C(=O)N(C(C)C)C(C(=O)Nc1c(C)cccc1Cl)c1cccc(C)c1. The predicted molar refractivity (Wildman–Crippen MR) is 153 cm³/mol. The Morgan fingerprint density at radius 2 is 1.66 bits per heavy atom. The van der Waals surface area contributed by atoms with Crippen LogP contribution < -0.4 is 10.6 Å². The maximum Gasteiger partial charge on any atom is 0.408 e. The van der Waals surface area contributed by atoms with Crippen molar-refractivity contribution < 1.29 is 19.1 Å². The molecule has 0 heterocycles. The standard InChI is InChI=1S/C30H42ClN3O4/c1-10-20(5)25(33-29(37)38-30(7,8)9)28(36)34(18(2)3)26(22-15-11-13-19(4)17-22)27(35)32-24-21(6)14-12-16-23(24)31/h11-18,20,25-26H,10H2,1-9H3,(H,32,35)(H,33,37). The minimum absolute atomic E-state index is 0.205. The molecule has 0 aliphatic carbocycles. The van der Waals surface area contributed by atoms with E-state index >= 15 is 0 Å². The first-order valence-corrected chi connectivity index (χ1v) is 13.5. The molecule has 2 N–H and O–H groups in total. The lowest BCUT2D eigenvalue weighted by Gasteiger charge is -2.38. The van der Waals surface area contributed by atoms with E-state index in [9.17, 15) is 14.4 Å². The van der Waals surface area contributed by atoms with Crippen LogP contribution in [0.4, 0.5) is 10.5 Å². The number of hydrogen-bond acceptors (Lipinski definition) is 4. The first-order valence-electron chi connectivity index (χ1n) is 13.1. The Kier molecular flexibility index (Phi) is 10.8. The van der Waals surface area contributed by atoms with Gasteiger partial charge in [-0.15, -0.1) is 0 Å². The molecule has 8 heteroatoms. The van der Waals surface area contributed by atoms with Crippen LogP contribution in [0.3, 0.4) is 0 Å². The Morgan fingerprint density at radius 3 is 2.18 bits per heavy atom. The number of carbonyl (C=O) groups is 3. The van der Waals surface area contributed by atoms with Gasteiger partial charge in [0.25, 0.3) is 5.91 Å². The summed E-state index contributed by atoms with van der Waals surface area (Å²) < 4.78 is 5.45. The first-order chi connectivity index (χ1) is 17.7. The fourth-order valence-corrected chi connectivity index (χ4v) is 4.49. The highest BCUT2D eigenvalue weighted by molar-refractivity contribution is 6.34. The molecule has 0 spiro atoms. The van der Waals surface area contributed by atoms with Crippen LogP contribution in [0, 0.1) is 19.8 Å². The largest absolute Gasteiger partial charge is 0.444 e. The van der Waals surface area contributed by atoms with E-state index in [1.807, 2.05) is 77.9 Å². The van der Waals surface area contributed by atoms with E-state index in [4.69, 9.17) is 16.3 Å². The van der Waals surface area contributed by atoms with Crippen molar-refractivity contribution in [2.45, 2.75) is 92.5 Å². The van der Waals surface area contributed by atoms with Crippen molar-refractivity contribution in [1.82, 2.24) is 10.2 Å². The van der Waals surface area contributed by atoms with Gasteiger partial charge >= 0.3 is 6.09 Å². The molecule has 208 valence electrons. The molecule has 3 unspecified atom stereocenters. The Hall–Kier alpha value is -3.06. The van der Waals surface area contributed by atoms with E-state index in [1.54, 1.807) is 31.7 Å². The monoisotopic (exact) mass is 543 g/mol. The summed E-state index contributed by atoms with van der Waals surface area (Å²) in [6.45, 7) is 16.7. The van der Waals surface area contributed by atoms with E-state index < -0.39 is 29.7 Å². The maximum absolute atomic E-state index is 14.2. The molecule has 0 radical (unpaired) electrons. The molecular formula is C30H42ClN3O4. The van der Waals surface area contributed by atoms with E-state index in [0.717, 1.165) is 11.1 Å². The predicted octanol–water partition coefficient (Wildman–Crippen LogP) is 6.81. The molecule has 0 aliphatic heterocycles. The van der Waals surface area contributed by atoms with Crippen LogP contribution in [-0.4, -0.2) is 40.5 Å². The summed E-state index contributed by atoms with van der Waals surface area (Å²) in [5.74, 6) is -0.963. The van der Waals surface area contributed by atoms with Crippen LogP contribution in [0.5, 0.6) is 0 Å². The highest BCUT2D eigenvalue weighted by Crippen LogP contribution is 2.31. The van der Waals surface area contributed by atoms with Crippen molar-refractivity contribution >= 4 is 35.2 Å². The van der Waals surface area contributed by atoms with Crippen molar-refractivity contribution in [2.75, 3.05) is 5.32 Å². The highest BCUT2D eigenvalue weighted by Gasteiger charge is 2.39. The third kappa shape index (κ3) is 8.22. The molecule has 7 nitrogen and oxygen atoms in total. The summed E-state index contributed by atoms with van der Waals surface area (Å²) in [4.78, 5) is 42.5. The number of nitrogens with one attached hydrogen (secondary N) is 2. The van der Waals surface area contributed by atoms with Crippen molar-refractivity contribution in [3.8, 4) is 0 Å². The number of hydrogen-bond donors (Lipinski definition) is 2. The maximum atomic E-state index is 14.2. The van der Waals surface area contributed by atoms with E-state index in [2.05, 4.69) is 10.6 Å². The molecular weight excluding hydrogens is 502 g/mol. The quantitative estimate of drug-likeness (QED) is 0.363. The number of aryl methyl sites for hydroxylation is 2. The topological polar surface area (TPSA) is 87.7 Å². The van der Waals surface area contributed by atoms with Gasteiger partial charge in [-0.1, -0.05) is 73.8 Å². The van der Waals surface area contributed by atoms with Gasteiger partial charge in [0, 0.05) is 6.04 Å². The van der Waals surface area contributed by atoms with Gasteiger partial charge in [0.15, 0.2) is 0 Å². The van der Waals surface area contributed by atoms with Gasteiger partial charge < -0.3 is 20.3 Å². The molecule has 3 atom stereocenters. The second-order valence-corrected chi connectivity index (χ2v) is 11.5. The minimum Gasteiger partial charge on any atom is -0.444 e. The molecule has 2 rings (SSSR count). The van der Waals surface area contributed by atoms with Crippen LogP contribution in [-0.2, 0) is 14.3 Å². The summed E-state index contributed by atoms with van der Waals surface area (Å²) in [5, 5.41) is 6.15. The second-order valence-electron chi connectivity index (χ2n) is 11.1. The number of alkyl carbamates (subject to hydrolysis) is 1. The molecule has 2 aromatic rings. The molecule has 0 saturated carbocycles. The zero-order chi connectivity index (χ0) is 28.8. The summed E-state index contributed by atoms with van der Waals surface area (Å²) in [7, 11) is 0.